The van der Waals surface area contributed by atoms with Crippen LogP contribution in [0.15, 0.2) is 67.6 Å². The van der Waals surface area contributed by atoms with Crippen LogP contribution in [0, 0.1) is 0 Å². The van der Waals surface area contributed by atoms with Crippen molar-refractivity contribution in [2.45, 2.75) is 0 Å². The Bertz CT molecular complexity index is 629. The van der Waals surface area contributed by atoms with Gasteiger partial charge in [-0.1, -0.05) is 0 Å². The number of hydrogen-bond acceptors (Lipinski definition) is 3. The number of imidazole rings is 1. The Kier molecular flexibility index (Phi) is 2.71. The molecule has 0 fully saturated rings. The van der Waals surface area contributed by atoms with Crippen LogP contribution in [0.2, 0.25) is 0 Å². The highest BCUT2D eigenvalue weighted by molar-refractivity contribution is 5.44. The van der Waals surface area contributed by atoms with Crippen LogP contribution in [0.4, 0.5) is 0 Å². The number of aromatic nitrogens is 5. The van der Waals surface area contributed by atoms with Crippen LogP contribution in [-0.2, 0) is 0 Å². The summed E-state index contributed by atoms with van der Waals surface area (Å²) in [6.45, 7) is 0. The molecular weight excluding hydrogens is 226 g/mol. The summed E-state index contributed by atoms with van der Waals surface area (Å²) in [5.74, 6) is 0. The van der Waals surface area contributed by atoms with Gasteiger partial charge in [0, 0.05) is 31.0 Å². The van der Waals surface area contributed by atoms with E-state index in [2.05, 4.69) is 15.1 Å². The molecule has 0 unspecified atom stereocenters. The first-order valence-corrected chi connectivity index (χ1v) is 5.54. The highest BCUT2D eigenvalue weighted by atomic mass is 15.2. The molecule has 0 aliphatic heterocycles. The van der Waals surface area contributed by atoms with E-state index >= 15 is 0 Å². The van der Waals surface area contributed by atoms with Gasteiger partial charge in [0.1, 0.15) is 12.0 Å². The normalized spacial score (nSPS) is 10.2. The molecule has 0 aromatic carbocycles. The monoisotopic (exact) mass is 237 g/mol. The second-order valence-electron chi connectivity index (χ2n) is 3.67. The maximum Gasteiger partial charge on any atom is 0.139 e. The first-order chi connectivity index (χ1) is 8.93. The van der Waals surface area contributed by atoms with Crippen molar-refractivity contribution >= 4 is 11.2 Å². The maximum atomic E-state index is 4.06. The van der Waals surface area contributed by atoms with Gasteiger partial charge in [-0.05, 0) is 30.3 Å². The van der Waals surface area contributed by atoms with Crippen molar-refractivity contribution < 1.29 is 0 Å². The van der Waals surface area contributed by atoms with Crippen molar-refractivity contribution in [3.8, 4) is 0 Å². The highest BCUT2D eigenvalue weighted by Crippen LogP contribution is 1.98. The standard InChI is InChI=1S/C7H6N2.C6H5N3/c1-3-7-4-2-6-9(7)8-5-1;1-2-7-5-9-4-3-8-6(1)9/h1-6H;1-5H. The molecule has 0 amide bonds. The summed E-state index contributed by atoms with van der Waals surface area (Å²) >= 11 is 0. The van der Waals surface area contributed by atoms with E-state index in [1.165, 1.54) is 0 Å². The molecule has 5 nitrogen and oxygen atoms in total. The lowest BCUT2D eigenvalue weighted by Crippen LogP contribution is -1.84. The molecule has 4 aromatic heterocycles. The summed E-state index contributed by atoms with van der Waals surface area (Å²) in [6.07, 6.45) is 10.8. The molecule has 4 heterocycles. The quantitative estimate of drug-likeness (QED) is 0.470. The summed E-state index contributed by atoms with van der Waals surface area (Å²) in [4.78, 5) is 7.95. The zero-order valence-electron chi connectivity index (χ0n) is 9.59. The summed E-state index contributed by atoms with van der Waals surface area (Å²) in [6, 6.07) is 9.80. The average molecular weight is 237 g/mol. The zero-order valence-corrected chi connectivity index (χ0v) is 9.59. The predicted octanol–water partition coefficient (Wildman–Crippen LogP) is 2.06. The third-order valence-corrected chi connectivity index (χ3v) is 2.50. The zero-order chi connectivity index (χ0) is 12.2. The molecule has 0 bridgehead atoms. The summed E-state index contributed by atoms with van der Waals surface area (Å²) in [7, 11) is 0. The highest BCUT2D eigenvalue weighted by Gasteiger charge is 1.86. The van der Waals surface area contributed by atoms with Crippen LogP contribution in [0.5, 0.6) is 0 Å². The van der Waals surface area contributed by atoms with E-state index in [0.29, 0.717) is 0 Å². The molecule has 0 saturated carbocycles. The maximum absolute atomic E-state index is 4.06. The van der Waals surface area contributed by atoms with Crippen LogP contribution in [0.3, 0.4) is 0 Å². The van der Waals surface area contributed by atoms with Crippen molar-refractivity contribution in [2.75, 3.05) is 0 Å². The molecule has 0 saturated heterocycles. The smallest absolute Gasteiger partial charge is 0.139 e. The Morgan fingerprint density at radius 2 is 1.83 bits per heavy atom. The molecule has 0 radical (unpaired) electrons. The van der Waals surface area contributed by atoms with E-state index in [0.717, 1.165) is 11.2 Å². The summed E-state index contributed by atoms with van der Waals surface area (Å²) in [5, 5.41) is 4.06. The van der Waals surface area contributed by atoms with Crippen molar-refractivity contribution in [1.82, 2.24) is 24.0 Å². The minimum absolute atomic E-state index is 0.935. The fourth-order valence-corrected chi connectivity index (χ4v) is 1.65. The van der Waals surface area contributed by atoms with Gasteiger partial charge in [0.15, 0.2) is 0 Å². The van der Waals surface area contributed by atoms with E-state index < -0.39 is 0 Å². The molecule has 4 aromatic rings. The van der Waals surface area contributed by atoms with Gasteiger partial charge in [-0.25, -0.2) is 14.5 Å². The fraction of sp³-hybridized carbons (Fsp3) is 0. The lowest BCUT2D eigenvalue weighted by atomic mass is 10.5. The van der Waals surface area contributed by atoms with Gasteiger partial charge in [0.2, 0.25) is 0 Å². The van der Waals surface area contributed by atoms with Crippen molar-refractivity contribution in [3.63, 3.8) is 0 Å². The van der Waals surface area contributed by atoms with Gasteiger partial charge < -0.3 is 0 Å². The number of hydrogen-bond donors (Lipinski definition) is 0. The van der Waals surface area contributed by atoms with Gasteiger partial charge in [0.25, 0.3) is 0 Å². The van der Waals surface area contributed by atoms with Crippen LogP contribution in [0.1, 0.15) is 0 Å². The Balaban J connectivity index is 0.000000111. The Morgan fingerprint density at radius 1 is 0.889 bits per heavy atom. The lowest BCUT2D eigenvalue weighted by Gasteiger charge is -1.87. The third kappa shape index (κ3) is 2.06. The van der Waals surface area contributed by atoms with Crippen LogP contribution < -0.4 is 0 Å². The van der Waals surface area contributed by atoms with Crippen LogP contribution >= 0.6 is 0 Å². The second-order valence-corrected chi connectivity index (χ2v) is 3.67. The molecular formula is C13H11N5. The molecule has 88 valence electrons. The lowest BCUT2D eigenvalue weighted by molar-refractivity contribution is 0.941. The first-order valence-electron chi connectivity index (χ1n) is 5.54. The SMILES string of the molecule is c1cc2nccn2cn1.c1cnn2cccc2c1. The number of fused-ring (bicyclic) bond motifs is 2. The first kappa shape index (κ1) is 10.5. The minimum atomic E-state index is 0.935. The molecule has 0 aliphatic carbocycles. The van der Waals surface area contributed by atoms with Gasteiger partial charge >= 0.3 is 0 Å². The molecule has 18 heavy (non-hydrogen) atoms. The van der Waals surface area contributed by atoms with E-state index in [1.807, 2.05) is 51.6 Å². The summed E-state index contributed by atoms with van der Waals surface area (Å²) < 4.78 is 3.69. The van der Waals surface area contributed by atoms with E-state index in [4.69, 9.17) is 0 Å². The summed E-state index contributed by atoms with van der Waals surface area (Å²) in [5.41, 5.74) is 2.07. The molecule has 0 aliphatic rings. The predicted molar refractivity (Wildman–Crippen MR) is 68.2 cm³/mol. The molecule has 0 N–H and O–H groups in total. The molecule has 0 spiro atoms. The fourth-order valence-electron chi connectivity index (χ4n) is 1.65. The van der Waals surface area contributed by atoms with E-state index in [9.17, 15) is 0 Å². The van der Waals surface area contributed by atoms with E-state index in [-0.39, 0.29) is 0 Å². The third-order valence-electron chi connectivity index (χ3n) is 2.50. The average Bonchev–Trinajstić information content (AvgIpc) is 3.08. The topological polar surface area (TPSA) is 47.5 Å². The van der Waals surface area contributed by atoms with Crippen LogP contribution in [0.25, 0.3) is 11.2 Å². The van der Waals surface area contributed by atoms with Gasteiger partial charge in [-0.15, -0.1) is 0 Å². The van der Waals surface area contributed by atoms with Crippen molar-refractivity contribution in [2.24, 2.45) is 0 Å². The number of rotatable bonds is 0. The minimum Gasteiger partial charge on any atom is -0.290 e. The van der Waals surface area contributed by atoms with Crippen molar-refractivity contribution in [3.05, 3.63) is 67.6 Å². The van der Waals surface area contributed by atoms with Gasteiger partial charge in [0.05, 0.1) is 5.52 Å². The Morgan fingerprint density at radius 3 is 2.72 bits per heavy atom. The molecule has 5 heteroatoms. The van der Waals surface area contributed by atoms with Crippen molar-refractivity contribution in [1.29, 1.82) is 0 Å². The largest absolute Gasteiger partial charge is 0.290 e. The number of nitrogens with zero attached hydrogens (tertiary/aromatic N) is 5. The van der Waals surface area contributed by atoms with E-state index in [1.54, 1.807) is 24.9 Å². The van der Waals surface area contributed by atoms with Gasteiger partial charge in [-0.2, -0.15) is 5.10 Å². The second kappa shape index (κ2) is 4.67. The molecule has 4 rings (SSSR count). The molecule has 0 atom stereocenters. The van der Waals surface area contributed by atoms with Gasteiger partial charge in [-0.3, -0.25) is 4.40 Å². The Labute approximate surface area is 103 Å². The Hall–Kier alpha value is -2.69. The van der Waals surface area contributed by atoms with Crippen LogP contribution in [-0.4, -0.2) is 24.0 Å².